The molecule has 0 spiro atoms. The summed E-state index contributed by atoms with van der Waals surface area (Å²) in [5.41, 5.74) is 1.01. The van der Waals surface area contributed by atoms with Crippen LogP contribution in [0.25, 0.3) is 0 Å². The minimum Gasteiger partial charge on any atom is -0.352 e. The number of rotatable bonds is 6. The Morgan fingerprint density at radius 3 is 2.40 bits per heavy atom. The second-order valence-electron chi connectivity index (χ2n) is 5.14. The highest BCUT2D eigenvalue weighted by atomic mass is 32.2. The van der Waals surface area contributed by atoms with E-state index in [0.29, 0.717) is 12.5 Å². The lowest BCUT2D eigenvalue weighted by atomic mass is 10.2. The summed E-state index contributed by atoms with van der Waals surface area (Å²) in [5.74, 6) is -0.0769. The van der Waals surface area contributed by atoms with Crippen LogP contribution in [0.15, 0.2) is 41.3 Å². The fraction of sp³-hybridized carbons (Fsp3) is 0.400. The van der Waals surface area contributed by atoms with Crippen LogP contribution in [0, 0.1) is 12.8 Å². The molecule has 0 saturated heterocycles. The molecule has 1 aromatic rings. The Bertz CT molecular complexity index is 572. The van der Waals surface area contributed by atoms with E-state index in [2.05, 4.69) is 5.32 Å². The van der Waals surface area contributed by atoms with Gasteiger partial charge >= 0.3 is 0 Å². The van der Waals surface area contributed by atoms with Crippen LogP contribution in [-0.4, -0.2) is 26.6 Å². The molecular weight excluding hydrogens is 274 g/mol. The predicted octanol–water partition coefficient (Wildman–Crippen LogP) is 2.10. The van der Waals surface area contributed by atoms with E-state index in [1.165, 1.54) is 12.2 Å². The quantitative estimate of drug-likeness (QED) is 0.817. The van der Waals surface area contributed by atoms with Crippen molar-refractivity contribution in [3.05, 3.63) is 42.0 Å². The molecule has 0 fully saturated rings. The van der Waals surface area contributed by atoms with Crippen LogP contribution in [0.1, 0.15) is 19.4 Å². The van der Waals surface area contributed by atoms with Crippen LogP contribution in [0.2, 0.25) is 0 Å². The molecule has 1 amide bonds. The molecule has 0 aliphatic carbocycles. The zero-order chi connectivity index (χ0) is 15.2. The van der Waals surface area contributed by atoms with Crippen molar-refractivity contribution in [2.75, 3.05) is 12.3 Å². The molecule has 0 radical (unpaired) electrons. The third kappa shape index (κ3) is 5.57. The molecule has 0 atom stereocenters. The number of hydrogen-bond acceptors (Lipinski definition) is 3. The van der Waals surface area contributed by atoms with Gasteiger partial charge in [0.15, 0.2) is 9.84 Å². The molecule has 0 bridgehead atoms. The average molecular weight is 295 g/mol. The minimum atomic E-state index is -3.37. The molecule has 0 aliphatic heterocycles. The van der Waals surface area contributed by atoms with Crippen LogP contribution in [0.3, 0.4) is 0 Å². The molecule has 1 aromatic carbocycles. The monoisotopic (exact) mass is 295 g/mol. The second kappa shape index (κ2) is 7.24. The number of aryl methyl sites for hydroxylation is 1. The van der Waals surface area contributed by atoms with Gasteiger partial charge in [0.1, 0.15) is 0 Å². The first-order chi connectivity index (χ1) is 9.31. The van der Waals surface area contributed by atoms with Crippen molar-refractivity contribution in [1.29, 1.82) is 0 Å². The van der Waals surface area contributed by atoms with Gasteiger partial charge in [-0.1, -0.05) is 37.6 Å². The molecule has 1 N–H and O–H groups in total. The van der Waals surface area contributed by atoms with Crippen LogP contribution in [0.4, 0.5) is 0 Å². The van der Waals surface area contributed by atoms with E-state index < -0.39 is 9.84 Å². The van der Waals surface area contributed by atoms with E-state index in [9.17, 15) is 13.2 Å². The van der Waals surface area contributed by atoms with Gasteiger partial charge in [0, 0.05) is 6.54 Å². The standard InChI is InChI=1S/C15H21NO3S/c1-12(2)11-16-15(17)5-4-10-20(18,19)14-8-6-13(3)7-9-14/h4-9,12H,10-11H2,1-3H3,(H,16,17)/b5-4+. The summed E-state index contributed by atoms with van der Waals surface area (Å²) in [6.07, 6.45) is 2.65. The topological polar surface area (TPSA) is 63.2 Å². The summed E-state index contributed by atoms with van der Waals surface area (Å²) in [7, 11) is -3.37. The Morgan fingerprint density at radius 1 is 1.25 bits per heavy atom. The smallest absolute Gasteiger partial charge is 0.243 e. The lowest BCUT2D eigenvalue weighted by Crippen LogP contribution is -2.25. The first-order valence-corrected chi connectivity index (χ1v) is 8.20. The fourth-order valence-electron chi connectivity index (χ4n) is 1.49. The minimum absolute atomic E-state index is 0.175. The molecule has 20 heavy (non-hydrogen) atoms. The number of hydrogen-bond donors (Lipinski definition) is 1. The Kier molecular flexibility index (Phi) is 5.95. The molecule has 0 unspecified atom stereocenters. The van der Waals surface area contributed by atoms with E-state index in [1.54, 1.807) is 24.3 Å². The van der Waals surface area contributed by atoms with E-state index >= 15 is 0 Å². The molecule has 0 aromatic heterocycles. The molecule has 0 heterocycles. The van der Waals surface area contributed by atoms with Crippen molar-refractivity contribution >= 4 is 15.7 Å². The number of amides is 1. The summed E-state index contributed by atoms with van der Waals surface area (Å²) in [6, 6.07) is 6.67. The lowest BCUT2D eigenvalue weighted by molar-refractivity contribution is -0.116. The summed E-state index contributed by atoms with van der Waals surface area (Å²) in [5, 5.41) is 2.70. The number of carbonyl (C=O) groups excluding carboxylic acids is 1. The van der Waals surface area contributed by atoms with E-state index in [1.807, 2.05) is 20.8 Å². The SMILES string of the molecule is Cc1ccc(S(=O)(=O)C/C=C/C(=O)NCC(C)C)cc1. The van der Waals surface area contributed by atoms with Crippen LogP contribution in [-0.2, 0) is 14.6 Å². The van der Waals surface area contributed by atoms with Gasteiger partial charge < -0.3 is 5.32 Å². The predicted molar refractivity (Wildman–Crippen MR) is 80.2 cm³/mol. The van der Waals surface area contributed by atoms with Crippen LogP contribution in [0.5, 0.6) is 0 Å². The number of benzene rings is 1. The first kappa shape index (κ1) is 16.4. The molecule has 0 saturated carbocycles. The molecule has 5 heteroatoms. The average Bonchev–Trinajstić information content (AvgIpc) is 2.36. The van der Waals surface area contributed by atoms with Crippen molar-refractivity contribution in [2.24, 2.45) is 5.92 Å². The van der Waals surface area contributed by atoms with E-state index in [0.717, 1.165) is 5.56 Å². The second-order valence-corrected chi connectivity index (χ2v) is 7.17. The van der Waals surface area contributed by atoms with Crippen molar-refractivity contribution < 1.29 is 13.2 Å². The maximum Gasteiger partial charge on any atom is 0.243 e. The molecular formula is C15H21NO3S. The number of carbonyl (C=O) groups is 1. The van der Waals surface area contributed by atoms with Gasteiger partial charge in [0.25, 0.3) is 0 Å². The zero-order valence-corrected chi connectivity index (χ0v) is 12.9. The van der Waals surface area contributed by atoms with Gasteiger partial charge in [-0.15, -0.1) is 0 Å². The van der Waals surface area contributed by atoms with Crippen LogP contribution < -0.4 is 5.32 Å². The van der Waals surface area contributed by atoms with Gasteiger partial charge in [0.2, 0.25) is 5.91 Å². The Labute approximate surface area is 120 Å². The molecule has 1 rings (SSSR count). The molecule has 0 aliphatic rings. The summed E-state index contributed by atoms with van der Waals surface area (Å²) < 4.78 is 24.0. The third-order valence-electron chi connectivity index (χ3n) is 2.65. The maximum absolute atomic E-state index is 12.0. The Balaban J connectivity index is 2.59. The highest BCUT2D eigenvalue weighted by Gasteiger charge is 2.11. The van der Waals surface area contributed by atoms with Gasteiger partial charge in [-0.05, 0) is 31.1 Å². The normalized spacial score (nSPS) is 12.0. The van der Waals surface area contributed by atoms with Crippen molar-refractivity contribution in [1.82, 2.24) is 5.32 Å². The summed E-state index contributed by atoms with van der Waals surface area (Å²) in [4.78, 5) is 11.7. The lowest BCUT2D eigenvalue weighted by Gasteiger charge is -2.04. The molecule has 4 nitrogen and oxygen atoms in total. The van der Waals surface area contributed by atoms with E-state index in [-0.39, 0.29) is 16.6 Å². The Morgan fingerprint density at radius 2 is 1.85 bits per heavy atom. The van der Waals surface area contributed by atoms with Crippen molar-refractivity contribution in [3.8, 4) is 0 Å². The summed E-state index contributed by atoms with van der Waals surface area (Å²) >= 11 is 0. The number of nitrogens with one attached hydrogen (secondary N) is 1. The highest BCUT2D eigenvalue weighted by Crippen LogP contribution is 2.12. The first-order valence-electron chi connectivity index (χ1n) is 6.55. The zero-order valence-electron chi connectivity index (χ0n) is 12.1. The van der Waals surface area contributed by atoms with Gasteiger partial charge in [-0.2, -0.15) is 0 Å². The fourth-order valence-corrected chi connectivity index (χ4v) is 2.58. The van der Waals surface area contributed by atoms with Crippen molar-refractivity contribution in [3.63, 3.8) is 0 Å². The Hall–Kier alpha value is -1.62. The van der Waals surface area contributed by atoms with Crippen molar-refractivity contribution in [2.45, 2.75) is 25.7 Å². The molecule has 110 valence electrons. The number of sulfone groups is 1. The maximum atomic E-state index is 12.0. The van der Waals surface area contributed by atoms with E-state index in [4.69, 9.17) is 0 Å². The van der Waals surface area contributed by atoms with Gasteiger partial charge in [-0.25, -0.2) is 8.42 Å². The van der Waals surface area contributed by atoms with Crippen LogP contribution >= 0.6 is 0 Å². The highest BCUT2D eigenvalue weighted by molar-refractivity contribution is 7.91. The third-order valence-corrected chi connectivity index (χ3v) is 4.27. The largest absolute Gasteiger partial charge is 0.352 e. The van der Waals surface area contributed by atoms with Gasteiger partial charge in [0.05, 0.1) is 10.6 Å². The van der Waals surface area contributed by atoms with Gasteiger partial charge in [-0.3, -0.25) is 4.79 Å². The summed E-state index contributed by atoms with van der Waals surface area (Å²) in [6.45, 7) is 6.46.